The largest absolute Gasteiger partial charge is 0.392 e. The van der Waals surface area contributed by atoms with Crippen LogP contribution >= 0.6 is 0 Å². The number of amides is 1. The lowest BCUT2D eigenvalue weighted by atomic mass is 9.83. The van der Waals surface area contributed by atoms with Crippen molar-refractivity contribution < 1.29 is 9.90 Å². The number of hydrogen-bond acceptors (Lipinski definition) is 5. The lowest BCUT2D eigenvalue weighted by molar-refractivity contribution is -0.0996. The highest BCUT2D eigenvalue weighted by molar-refractivity contribution is 5.94. The van der Waals surface area contributed by atoms with E-state index in [-0.39, 0.29) is 17.6 Å². The fourth-order valence-corrected chi connectivity index (χ4v) is 5.38. The monoisotopic (exact) mass is 392 g/mol. The van der Waals surface area contributed by atoms with Gasteiger partial charge in [0.2, 0.25) is 0 Å². The molecule has 3 fully saturated rings. The summed E-state index contributed by atoms with van der Waals surface area (Å²) in [7, 11) is 0. The second-order valence-electron chi connectivity index (χ2n) is 8.79. The molecule has 0 radical (unpaired) electrons. The number of likely N-dealkylation sites (tertiary alicyclic amines) is 1. The van der Waals surface area contributed by atoms with Gasteiger partial charge in [-0.15, -0.1) is 0 Å². The molecule has 3 saturated heterocycles. The van der Waals surface area contributed by atoms with Gasteiger partial charge < -0.3 is 10.0 Å². The van der Waals surface area contributed by atoms with Crippen molar-refractivity contribution in [3.8, 4) is 0 Å². The first-order valence-corrected chi connectivity index (χ1v) is 10.5. The molecule has 6 nitrogen and oxygen atoms in total. The smallest absolute Gasteiger partial charge is 0.255 e. The molecule has 3 aliphatic rings. The summed E-state index contributed by atoms with van der Waals surface area (Å²) in [6.45, 7) is 5.16. The number of nitrogens with zero attached hydrogens (tertiary/aromatic N) is 4. The quantitative estimate of drug-likeness (QED) is 0.849. The molecule has 5 rings (SSSR count). The van der Waals surface area contributed by atoms with Crippen LogP contribution in [-0.4, -0.2) is 87.7 Å². The number of aromatic nitrogens is 1. The summed E-state index contributed by atoms with van der Waals surface area (Å²) >= 11 is 0. The first kappa shape index (κ1) is 18.7. The number of pyridine rings is 1. The number of fused-ring (bicyclic) bond motifs is 2. The molecule has 1 N–H and O–H groups in total. The van der Waals surface area contributed by atoms with Gasteiger partial charge in [0.15, 0.2) is 0 Å². The Morgan fingerprint density at radius 2 is 1.93 bits per heavy atom. The van der Waals surface area contributed by atoms with Crippen LogP contribution in [0.1, 0.15) is 22.3 Å². The van der Waals surface area contributed by atoms with Crippen LogP contribution in [0.25, 0.3) is 0 Å². The molecule has 0 aliphatic carbocycles. The molecule has 0 bridgehead atoms. The molecule has 1 amide bonds. The van der Waals surface area contributed by atoms with E-state index in [1.165, 1.54) is 5.56 Å². The minimum Gasteiger partial charge on any atom is -0.392 e. The minimum atomic E-state index is -0.256. The van der Waals surface area contributed by atoms with E-state index in [4.69, 9.17) is 0 Å². The highest BCUT2D eigenvalue weighted by Gasteiger charge is 2.56. The molecule has 0 unspecified atom stereocenters. The Hall–Kier alpha value is -2.28. The highest BCUT2D eigenvalue weighted by atomic mass is 16.3. The Labute approximate surface area is 171 Å². The van der Waals surface area contributed by atoms with Gasteiger partial charge in [0.1, 0.15) is 0 Å². The van der Waals surface area contributed by atoms with Gasteiger partial charge in [-0.2, -0.15) is 0 Å². The van der Waals surface area contributed by atoms with Gasteiger partial charge in [-0.05, 0) is 30.5 Å². The van der Waals surface area contributed by atoms with Gasteiger partial charge in [-0.3, -0.25) is 19.6 Å². The lowest BCUT2D eigenvalue weighted by Crippen LogP contribution is -2.78. The fraction of sp³-hybridized carbons (Fsp3) is 0.478. The van der Waals surface area contributed by atoms with E-state index >= 15 is 0 Å². The van der Waals surface area contributed by atoms with Gasteiger partial charge in [0.25, 0.3) is 5.91 Å². The molecule has 2 aromatic rings. The molecular weight excluding hydrogens is 364 g/mol. The van der Waals surface area contributed by atoms with Crippen molar-refractivity contribution in [3.05, 3.63) is 66.0 Å². The molecular formula is C23H28N4O2. The number of hydrogen-bond donors (Lipinski definition) is 1. The maximum Gasteiger partial charge on any atom is 0.255 e. The van der Waals surface area contributed by atoms with E-state index in [1.54, 1.807) is 12.4 Å². The van der Waals surface area contributed by atoms with Crippen LogP contribution in [0.3, 0.4) is 0 Å². The molecule has 29 heavy (non-hydrogen) atoms. The molecule has 1 aromatic heterocycles. The molecule has 1 aromatic carbocycles. The number of benzene rings is 1. The summed E-state index contributed by atoms with van der Waals surface area (Å²) in [5, 5.41) is 10.3. The van der Waals surface area contributed by atoms with Crippen LogP contribution in [0.15, 0.2) is 54.9 Å². The second kappa shape index (κ2) is 7.52. The van der Waals surface area contributed by atoms with Crippen LogP contribution in [0, 0.1) is 0 Å². The van der Waals surface area contributed by atoms with Gasteiger partial charge in [0, 0.05) is 57.7 Å². The Bertz CT molecular complexity index is 854. The van der Waals surface area contributed by atoms with Crippen LogP contribution < -0.4 is 0 Å². The Morgan fingerprint density at radius 3 is 2.69 bits per heavy atom. The summed E-state index contributed by atoms with van der Waals surface area (Å²) in [5.74, 6) is 0.0569. The molecule has 3 aliphatic heterocycles. The molecule has 2 atom stereocenters. The van der Waals surface area contributed by atoms with Crippen molar-refractivity contribution in [2.75, 3.05) is 39.3 Å². The van der Waals surface area contributed by atoms with Crippen molar-refractivity contribution in [1.29, 1.82) is 0 Å². The summed E-state index contributed by atoms with van der Waals surface area (Å²) in [6.07, 6.45) is 4.94. The zero-order valence-electron chi connectivity index (χ0n) is 16.7. The summed E-state index contributed by atoms with van der Waals surface area (Å²) in [5.41, 5.74) is 1.98. The van der Waals surface area contributed by atoms with E-state index in [0.29, 0.717) is 11.6 Å². The number of carbonyl (C=O) groups is 1. The topological polar surface area (TPSA) is 59.9 Å². The van der Waals surface area contributed by atoms with Crippen molar-refractivity contribution >= 4 is 5.91 Å². The lowest BCUT2D eigenvalue weighted by Gasteiger charge is -2.61. The molecule has 152 valence electrons. The van der Waals surface area contributed by atoms with E-state index in [2.05, 4.69) is 45.1 Å². The van der Waals surface area contributed by atoms with E-state index < -0.39 is 0 Å². The third-order valence-electron chi connectivity index (χ3n) is 6.71. The highest BCUT2D eigenvalue weighted by Crippen LogP contribution is 2.39. The van der Waals surface area contributed by atoms with E-state index in [9.17, 15) is 9.90 Å². The van der Waals surface area contributed by atoms with Gasteiger partial charge in [-0.25, -0.2) is 0 Å². The van der Waals surface area contributed by atoms with Gasteiger partial charge in [0.05, 0.1) is 17.2 Å². The first-order valence-electron chi connectivity index (χ1n) is 10.5. The van der Waals surface area contributed by atoms with Gasteiger partial charge >= 0.3 is 0 Å². The Morgan fingerprint density at radius 1 is 1.10 bits per heavy atom. The molecule has 4 heterocycles. The zero-order chi connectivity index (χ0) is 19.8. The number of piperazine rings is 1. The molecule has 1 spiro atoms. The predicted octanol–water partition coefficient (Wildman–Crippen LogP) is 1.27. The van der Waals surface area contributed by atoms with Crippen LogP contribution in [-0.2, 0) is 6.42 Å². The molecule has 6 heteroatoms. The number of aliphatic hydroxyl groups is 1. The van der Waals surface area contributed by atoms with Gasteiger partial charge in [-0.1, -0.05) is 30.3 Å². The maximum absolute atomic E-state index is 12.8. The fourth-order valence-electron chi connectivity index (χ4n) is 5.38. The standard InChI is InChI=1S/C23H28N4O2/c28-21-11-20-13-25(10-8-18-5-2-1-3-6-18)15-23(27(20)14-21)16-26(17-23)22(29)19-7-4-9-24-12-19/h1-7,9,12,20-21,28H,8,10-11,13-17H2/t20-,21+/m0/s1. The Balaban J connectivity index is 1.28. The van der Waals surface area contributed by atoms with Crippen LogP contribution in [0.5, 0.6) is 0 Å². The Kier molecular flexibility index (Phi) is 4.86. The van der Waals surface area contributed by atoms with Crippen molar-refractivity contribution in [2.45, 2.75) is 30.5 Å². The summed E-state index contributed by atoms with van der Waals surface area (Å²) in [4.78, 5) is 23.8. The average molecular weight is 393 g/mol. The third-order valence-corrected chi connectivity index (χ3v) is 6.71. The maximum atomic E-state index is 12.8. The zero-order valence-corrected chi connectivity index (χ0v) is 16.7. The normalized spacial score (nSPS) is 26.3. The second-order valence-corrected chi connectivity index (χ2v) is 8.79. The number of carbonyl (C=O) groups excluding carboxylic acids is 1. The van der Waals surface area contributed by atoms with Crippen LogP contribution in [0.2, 0.25) is 0 Å². The van der Waals surface area contributed by atoms with E-state index in [1.807, 2.05) is 17.0 Å². The number of β-amino-alcohol motifs (C(OH)–C–C–N with tert-alkyl or cyclic N) is 1. The number of aliphatic hydroxyl groups excluding tert-OH is 1. The van der Waals surface area contributed by atoms with Crippen molar-refractivity contribution in [3.63, 3.8) is 0 Å². The van der Waals surface area contributed by atoms with Crippen molar-refractivity contribution in [2.24, 2.45) is 0 Å². The summed E-state index contributed by atoms with van der Waals surface area (Å²) < 4.78 is 0. The van der Waals surface area contributed by atoms with Crippen molar-refractivity contribution in [1.82, 2.24) is 19.7 Å². The third kappa shape index (κ3) is 3.56. The number of rotatable bonds is 4. The minimum absolute atomic E-state index is 0.0328. The molecule has 0 saturated carbocycles. The first-order chi connectivity index (χ1) is 14.1. The summed E-state index contributed by atoms with van der Waals surface area (Å²) in [6, 6.07) is 14.6. The van der Waals surface area contributed by atoms with E-state index in [0.717, 1.165) is 52.1 Å². The average Bonchev–Trinajstić information content (AvgIpc) is 3.11. The SMILES string of the molecule is O=C(c1cccnc1)N1CC2(CN(CCc3ccccc3)C[C@@H]3C[C@@H](O)CN32)C1. The predicted molar refractivity (Wildman–Crippen MR) is 111 cm³/mol. The van der Waals surface area contributed by atoms with Crippen LogP contribution in [0.4, 0.5) is 0 Å².